The lowest BCUT2D eigenvalue weighted by molar-refractivity contribution is -0.120. The molecule has 1 fully saturated rings. The Hall–Kier alpha value is -1.56. The molecule has 0 spiro atoms. The fourth-order valence-corrected chi connectivity index (χ4v) is 6.05. The van der Waals surface area contributed by atoms with Crippen molar-refractivity contribution in [3.63, 3.8) is 0 Å². The standard InChI is InChI=1S/C17H21FN4O3S3/c1-2-10-26-17-21-20-16(27-17)19-15(23)12-4-3-9-22(11-12)28(24,25)14-7-5-13(18)6-8-14/h5-8,12H,2-4,9-11H2,1H3,(H,19,20,23)/t12-/m0/s1. The van der Waals surface area contributed by atoms with Crippen LogP contribution in [-0.2, 0) is 14.8 Å². The highest BCUT2D eigenvalue weighted by Crippen LogP contribution is 2.28. The fraction of sp³-hybridized carbons (Fsp3) is 0.471. The fourth-order valence-electron chi connectivity index (χ4n) is 2.85. The number of nitrogens with zero attached hydrogens (tertiary/aromatic N) is 3. The molecule has 2 aromatic rings. The number of halogens is 1. The predicted octanol–water partition coefficient (Wildman–Crippen LogP) is 3.22. The summed E-state index contributed by atoms with van der Waals surface area (Å²) in [6, 6.07) is 4.71. The van der Waals surface area contributed by atoms with Gasteiger partial charge < -0.3 is 5.32 Å². The average Bonchev–Trinajstić information content (AvgIpc) is 3.14. The van der Waals surface area contributed by atoms with Gasteiger partial charge in [0, 0.05) is 18.8 Å². The summed E-state index contributed by atoms with van der Waals surface area (Å²) >= 11 is 2.90. The van der Waals surface area contributed by atoms with Crippen molar-refractivity contribution in [3.8, 4) is 0 Å². The summed E-state index contributed by atoms with van der Waals surface area (Å²) in [6.07, 6.45) is 2.19. The molecule has 11 heteroatoms. The van der Waals surface area contributed by atoms with Gasteiger partial charge in [-0.1, -0.05) is 30.0 Å². The number of hydrogen-bond acceptors (Lipinski definition) is 7. The zero-order valence-electron chi connectivity index (χ0n) is 15.3. The molecule has 152 valence electrons. The van der Waals surface area contributed by atoms with E-state index in [1.54, 1.807) is 11.8 Å². The molecule has 0 aliphatic carbocycles. The van der Waals surface area contributed by atoms with Crippen molar-refractivity contribution in [1.82, 2.24) is 14.5 Å². The number of rotatable bonds is 7. The van der Waals surface area contributed by atoms with Gasteiger partial charge >= 0.3 is 0 Å². The lowest BCUT2D eigenvalue weighted by Gasteiger charge is -2.31. The van der Waals surface area contributed by atoms with Crippen LogP contribution < -0.4 is 5.32 Å². The van der Waals surface area contributed by atoms with Crippen LogP contribution in [0.4, 0.5) is 9.52 Å². The van der Waals surface area contributed by atoms with Crippen molar-refractivity contribution in [2.75, 3.05) is 24.2 Å². The molecule has 1 aliphatic heterocycles. The second kappa shape index (κ2) is 9.29. The second-order valence-electron chi connectivity index (χ2n) is 6.37. The zero-order chi connectivity index (χ0) is 20.1. The molecule has 0 bridgehead atoms. The number of amides is 1. The highest BCUT2D eigenvalue weighted by atomic mass is 32.2. The normalized spacial score (nSPS) is 18.1. The minimum absolute atomic E-state index is 0.0247. The number of aromatic nitrogens is 2. The molecule has 1 atom stereocenters. The topological polar surface area (TPSA) is 92.3 Å². The van der Waals surface area contributed by atoms with Gasteiger partial charge in [0.1, 0.15) is 5.82 Å². The van der Waals surface area contributed by atoms with Gasteiger partial charge in [-0.25, -0.2) is 12.8 Å². The molecular formula is C17H21FN4O3S3. The molecule has 1 N–H and O–H groups in total. The van der Waals surface area contributed by atoms with Crippen LogP contribution in [0, 0.1) is 11.7 Å². The molecule has 3 rings (SSSR count). The number of benzene rings is 1. The van der Waals surface area contributed by atoms with Crippen molar-refractivity contribution < 1.29 is 17.6 Å². The van der Waals surface area contributed by atoms with E-state index in [0.717, 1.165) is 28.6 Å². The second-order valence-corrected chi connectivity index (χ2v) is 10.6. The molecule has 1 aliphatic rings. The molecule has 28 heavy (non-hydrogen) atoms. The largest absolute Gasteiger partial charge is 0.300 e. The third-order valence-corrected chi connectivity index (χ3v) is 8.33. The van der Waals surface area contributed by atoms with Crippen molar-refractivity contribution >= 4 is 44.2 Å². The van der Waals surface area contributed by atoms with Crippen LogP contribution in [0.3, 0.4) is 0 Å². The van der Waals surface area contributed by atoms with Gasteiger partial charge in [-0.05, 0) is 43.5 Å². The maximum atomic E-state index is 13.1. The zero-order valence-corrected chi connectivity index (χ0v) is 17.7. The highest BCUT2D eigenvalue weighted by molar-refractivity contribution is 8.01. The Morgan fingerprint density at radius 3 is 2.82 bits per heavy atom. The summed E-state index contributed by atoms with van der Waals surface area (Å²) < 4.78 is 40.7. The van der Waals surface area contributed by atoms with E-state index in [2.05, 4.69) is 22.4 Å². The molecule has 2 heterocycles. The molecule has 0 saturated carbocycles. The van der Waals surface area contributed by atoms with E-state index >= 15 is 0 Å². The number of nitrogens with one attached hydrogen (secondary N) is 1. The van der Waals surface area contributed by atoms with E-state index in [1.807, 2.05) is 0 Å². The smallest absolute Gasteiger partial charge is 0.243 e. The Morgan fingerprint density at radius 1 is 1.36 bits per heavy atom. The minimum Gasteiger partial charge on any atom is -0.300 e. The van der Waals surface area contributed by atoms with E-state index in [9.17, 15) is 17.6 Å². The van der Waals surface area contributed by atoms with Gasteiger partial charge in [0.2, 0.25) is 21.1 Å². The van der Waals surface area contributed by atoms with Gasteiger partial charge in [0.25, 0.3) is 0 Å². The number of hydrogen-bond donors (Lipinski definition) is 1. The van der Waals surface area contributed by atoms with Crippen LogP contribution in [0.2, 0.25) is 0 Å². The van der Waals surface area contributed by atoms with Gasteiger partial charge in [0.15, 0.2) is 4.34 Å². The van der Waals surface area contributed by atoms with E-state index in [-0.39, 0.29) is 17.3 Å². The van der Waals surface area contributed by atoms with Crippen LogP contribution in [0.15, 0.2) is 33.5 Å². The summed E-state index contributed by atoms with van der Waals surface area (Å²) in [7, 11) is -3.77. The van der Waals surface area contributed by atoms with Gasteiger partial charge in [-0.15, -0.1) is 10.2 Å². The lowest BCUT2D eigenvalue weighted by atomic mass is 9.99. The van der Waals surface area contributed by atoms with E-state index in [1.165, 1.54) is 27.8 Å². The first-order valence-corrected chi connectivity index (χ1v) is 12.2. The number of anilines is 1. The predicted molar refractivity (Wildman–Crippen MR) is 107 cm³/mol. The van der Waals surface area contributed by atoms with Gasteiger partial charge in [0.05, 0.1) is 10.8 Å². The van der Waals surface area contributed by atoms with Crippen molar-refractivity contribution in [2.45, 2.75) is 35.4 Å². The van der Waals surface area contributed by atoms with Crippen LogP contribution in [0.5, 0.6) is 0 Å². The summed E-state index contributed by atoms with van der Waals surface area (Å²) in [5.41, 5.74) is 0. The van der Waals surface area contributed by atoms with Crippen LogP contribution in [0.1, 0.15) is 26.2 Å². The Labute approximate surface area is 171 Å². The van der Waals surface area contributed by atoms with E-state index in [4.69, 9.17) is 0 Å². The first-order chi connectivity index (χ1) is 13.4. The van der Waals surface area contributed by atoms with E-state index < -0.39 is 21.8 Å². The number of carbonyl (C=O) groups is 1. The maximum absolute atomic E-state index is 13.1. The number of thioether (sulfide) groups is 1. The SMILES string of the molecule is CCCSc1nnc(NC(=O)[C@H]2CCCN(S(=O)(=O)c3ccc(F)cc3)C2)s1. The number of sulfonamides is 1. The molecule has 0 radical (unpaired) electrons. The molecule has 1 saturated heterocycles. The molecule has 1 aromatic heterocycles. The third kappa shape index (κ3) is 5.07. The van der Waals surface area contributed by atoms with Crippen molar-refractivity contribution in [1.29, 1.82) is 0 Å². The Bertz CT molecular complexity index is 918. The minimum atomic E-state index is -3.77. The quantitative estimate of drug-likeness (QED) is 0.521. The number of piperidine rings is 1. The molecule has 1 amide bonds. The summed E-state index contributed by atoms with van der Waals surface area (Å²) in [5.74, 6) is -0.299. The van der Waals surface area contributed by atoms with Crippen LogP contribution in [0.25, 0.3) is 0 Å². The molecular weight excluding hydrogens is 423 g/mol. The highest BCUT2D eigenvalue weighted by Gasteiger charge is 2.33. The first-order valence-electron chi connectivity index (χ1n) is 8.93. The third-order valence-electron chi connectivity index (χ3n) is 4.27. The average molecular weight is 445 g/mol. The Balaban J connectivity index is 1.64. The van der Waals surface area contributed by atoms with Crippen LogP contribution in [-0.4, -0.2) is 47.7 Å². The molecule has 1 aromatic carbocycles. The van der Waals surface area contributed by atoms with Gasteiger partial charge in [-0.2, -0.15) is 4.31 Å². The van der Waals surface area contributed by atoms with Crippen LogP contribution >= 0.6 is 23.1 Å². The maximum Gasteiger partial charge on any atom is 0.243 e. The Morgan fingerprint density at radius 2 is 2.11 bits per heavy atom. The summed E-state index contributed by atoms with van der Waals surface area (Å²) in [4.78, 5) is 12.6. The van der Waals surface area contributed by atoms with Crippen molar-refractivity contribution in [3.05, 3.63) is 30.1 Å². The lowest BCUT2D eigenvalue weighted by Crippen LogP contribution is -2.43. The monoisotopic (exact) mass is 444 g/mol. The number of carbonyl (C=O) groups excluding carboxylic acids is 1. The van der Waals surface area contributed by atoms with Crippen molar-refractivity contribution in [2.24, 2.45) is 5.92 Å². The Kier molecular flexibility index (Phi) is 7.02. The molecule has 0 unspecified atom stereocenters. The van der Waals surface area contributed by atoms with Gasteiger partial charge in [-0.3, -0.25) is 4.79 Å². The van der Waals surface area contributed by atoms with E-state index in [0.29, 0.717) is 24.5 Å². The summed E-state index contributed by atoms with van der Waals surface area (Å²) in [6.45, 7) is 2.49. The summed E-state index contributed by atoms with van der Waals surface area (Å²) in [5, 5.41) is 11.2. The molecule has 7 nitrogen and oxygen atoms in total. The first kappa shape index (κ1) is 21.2.